The lowest BCUT2D eigenvalue weighted by Gasteiger charge is -2.33. The maximum atomic E-state index is 12.6. The van der Waals surface area contributed by atoms with Gasteiger partial charge in [0.05, 0.1) is 5.56 Å². The Bertz CT molecular complexity index is 417. The van der Waals surface area contributed by atoms with E-state index in [1.54, 1.807) is 12.1 Å². The predicted octanol–water partition coefficient (Wildman–Crippen LogP) is 5.05. The molecule has 0 heterocycles. The first-order valence-electron chi connectivity index (χ1n) is 7.62. The third-order valence-corrected chi connectivity index (χ3v) is 4.25. The van der Waals surface area contributed by atoms with Gasteiger partial charge in [-0.05, 0) is 42.4 Å². The maximum Gasteiger partial charge on any atom is 0.416 e. The minimum Gasteiger partial charge on any atom is -0.314 e. The Hall–Kier alpha value is -1.03. The molecule has 0 aliphatic carbocycles. The van der Waals surface area contributed by atoms with Crippen LogP contribution in [0.3, 0.4) is 0 Å². The third-order valence-electron chi connectivity index (χ3n) is 4.25. The Kier molecular flexibility index (Phi) is 6.26. The highest BCUT2D eigenvalue weighted by Gasteiger charge is 2.31. The molecule has 0 aliphatic rings. The predicted molar refractivity (Wildman–Crippen MR) is 81.3 cm³/mol. The number of rotatable bonds is 7. The van der Waals surface area contributed by atoms with Crippen molar-refractivity contribution in [3.63, 3.8) is 0 Å². The van der Waals surface area contributed by atoms with E-state index < -0.39 is 11.7 Å². The van der Waals surface area contributed by atoms with Gasteiger partial charge in [-0.3, -0.25) is 0 Å². The van der Waals surface area contributed by atoms with Crippen LogP contribution >= 0.6 is 0 Å². The largest absolute Gasteiger partial charge is 0.416 e. The van der Waals surface area contributed by atoms with Crippen molar-refractivity contribution in [2.45, 2.75) is 59.2 Å². The minimum atomic E-state index is -4.26. The van der Waals surface area contributed by atoms with Crippen molar-refractivity contribution in [1.29, 1.82) is 0 Å². The fraction of sp³-hybridized carbons (Fsp3) is 0.647. The molecule has 0 aliphatic heterocycles. The van der Waals surface area contributed by atoms with Gasteiger partial charge >= 0.3 is 6.18 Å². The Morgan fingerprint density at radius 1 is 1.00 bits per heavy atom. The van der Waals surface area contributed by atoms with E-state index >= 15 is 0 Å². The number of hydrogen-bond acceptors (Lipinski definition) is 1. The van der Waals surface area contributed by atoms with Crippen molar-refractivity contribution < 1.29 is 13.2 Å². The summed E-state index contributed by atoms with van der Waals surface area (Å²) in [6.45, 7) is 9.40. The molecule has 120 valence electrons. The fourth-order valence-corrected chi connectivity index (χ4v) is 2.48. The Labute approximate surface area is 125 Å². The van der Waals surface area contributed by atoms with Crippen LogP contribution < -0.4 is 5.32 Å². The highest BCUT2D eigenvalue weighted by molar-refractivity contribution is 5.25. The molecule has 0 amide bonds. The number of benzene rings is 1. The summed E-state index contributed by atoms with van der Waals surface area (Å²) in [6, 6.07) is 5.99. The normalized spacial score (nSPS) is 13.0. The minimum absolute atomic E-state index is 0.101. The summed E-state index contributed by atoms with van der Waals surface area (Å²) in [5.41, 5.74) is 0.492. The van der Waals surface area contributed by atoms with Gasteiger partial charge in [-0.2, -0.15) is 13.2 Å². The zero-order valence-corrected chi connectivity index (χ0v) is 13.3. The first kappa shape index (κ1) is 18.0. The van der Waals surface area contributed by atoms with E-state index in [4.69, 9.17) is 0 Å². The monoisotopic (exact) mass is 301 g/mol. The molecule has 0 radical (unpaired) electrons. The molecule has 0 spiro atoms. The number of alkyl halides is 3. The van der Waals surface area contributed by atoms with Crippen molar-refractivity contribution >= 4 is 0 Å². The highest BCUT2D eigenvalue weighted by Crippen LogP contribution is 2.33. The van der Waals surface area contributed by atoms with Crippen molar-refractivity contribution in [2.24, 2.45) is 5.41 Å². The molecule has 1 nitrogen and oxygen atoms in total. The average Bonchev–Trinajstić information content (AvgIpc) is 2.43. The van der Waals surface area contributed by atoms with Gasteiger partial charge in [-0.25, -0.2) is 0 Å². The van der Waals surface area contributed by atoms with Gasteiger partial charge in [-0.1, -0.05) is 39.8 Å². The summed E-state index contributed by atoms with van der Waals surface area (Å²) in [7, 11) is 0. The van der Waals surface area contributed by atoms with Crippen LogP contribution in [0.25, 0.3) is 0 Å². The van der Waals surface area contributed by atoms with Crippen LogP contribution in [-0.2, 0) is 12.6 Å². The zero-order valence-electron chi connectivity index (χ0n) is 13.3. The van der Waals surface area contributed by atoms with Crippen LogP contribution in [0.15, 0.2) is 24.3 Å². The molecule has 0 aromatic heterocycles. The van der Waals surface area contributed by atoms with Crippen molar-refractivity contribution in [3.8, 4) is 0 Å². The quantitative estimate of drug-likeness (QED) is 0.743. The maximum absolute atomic E-state index is 12.6. The van der Waals surface area contributed by atoms with E-state index in [9.17, 15) is 13.2 Å². The highest BCUT2D eigenvalue weighted by atomic mass is 19.4. The van der Waals surface area contributed by atoms with Crippen LogP contribution in [-0.4, -0.2) is 12.6 Å². The molecule has 0 fully saturated rings. The first-order chi connectivity index (χ1) is 9.72. The van der Waals surface area contributed by atoms with Crippen LogP contribution in [0.5, 0.6) is 0 Å². The Morgan fingerprint density at radius 2 is 1.52 bits per heavy atom. The van der Waals surface area contributed by atoms with Gasteiger partial charge in [-0.15, -0.1) is 0 Å². The summed E-state index contributed by atoms with van der Waals surface area (Å²) in [5.74, 6) is 0. The van der Waals surface area contributed by atoms with E-state index in [1.807, 2.05) is 0 Å². The average molecular weight is 301 g/mol. The smallest absolute Gasteiger partial charge is 0.314 e. The molecule has 21 heavy (non-hydrogen) atoms. The summed E-state index contributed by atoms with van der Waals surface area (Å²) in [6.07, 6.45) is -1.45. The Morgan fingerprint density at radius 3 is 1.90 bits per heavy atom. The molecule has 0 saturated heterocycles. The zero-order chi connectivity index (χ0) is 16.1. The molecule has 0 bridgehead atoms. The van der Waals surface area contributed by atoms with E-state index in [0.29, 0.717) is 6.04 Å². The van der Waals surface area contributed by atoms with E-state index in [1.165, 1.54) is 12.1 Å². The molecule has 1 rings (SSSR count). The molecule has 1 aromatic carbocycles. The van der Waals surface area contributed by atoms with Crippen molar-refractivity contribution in [3.05, 3.63) is 35.4 Å². The fourth-order valence-electron chi connectivity index (χ4n) is 2.48. The number of halogens is 3. The second kappa shape index (κ2) is 7.30. The van der Waals surface area contributed by atoms with E-state index in [-0.39, 0.29) is 5.41 Å². The van der Waals surface area contributed by atoms with Gasteiger partial charge < -0.3 is 5.32 Å². The van der Waals surface area contributed by atoms with Gasteiger partial charge in [0, 0.05) is 12.6 Å². The lowest BCUT2D eigenvalue weighted by molar-refractivity contribution is -0.137. The second-order valence-electron chi connectivity index (χ2n) is 6.11. The van der Waals surface area contributed by atoms with Crippen LogP contribution in [0.2, 0.25) is 0 Å². The summed E-state index contributed by atoms with van der Waals surface area (Å²) >= 11 is 0. The molecule has 1 N–H and O–H groups in total. The first-order valence-corrected chi connectivity index (χ1v) is 7.62. The lowest BCUT2D eigenvalue weighted by atomic mass is 9.76. The van der Waals surface area contributed by atoms with Crippen LogP contribution in [0.4, 0.5) is 13.2 Å². The molecule has 0 atom stereocenters. The van der Waals surface area contributed by atoms with Gasteiger partial charge in [0.25, 0.3) is 0 Å². The van der Waals surface area contributed by atoms with E-state index in [2.05, 4.69) is 33.0 Å². The van der Waals surface area contributed by atoms with Crippen molar-refractivity contribution in [1.82, 2.24) is 5.32 Å². The lowest BCUT2D eigenvalue weighted by Crippen LogP contribution is -2.38. The number of hydrogen-bond donors (Lipinski definition) is 1. The molecule has 1 aromatic rings. The third kappa shape index (κ3) is 5.34. The van der Waals surface area contributed by atoms with Gasteiger partial charge in [0.2, 0.25) is 0 Å². The SMILES string of the molecule is CCC(CC)(CNC(C)C)Cc1ccc(C(F)(F)F)cc1. The molecular weight excluding hydrogens is 275 g/mol. The molecule has 0 unspecified atom stereocenters. The van der Waals surface area contributed by atoms with Crippen molar-refractivity contribution in [2.75, 3.05) is 6.54 Å². The van der Waals surface area contributed by atoms with Gasteiger partial charge in [0.15, 0.2) is 0 Å². The molecule has 4 heteroatoms. The number of nitrogens with one attached hydrogen (secondary N) is 1. The van der Waals surface area contributed by atoms with Crippen LogP contribution in [0.1, 0.15) is 51.7 Å². The standard InChI is InChI=1S/C17H26F3N/c1-5-16(6-2,12-21-13(3)4)11-14-7-9-15(10-8-14)17(18,19)20/h7-10,13,21H,5-6,11-12H2,1-4H3. The topological polar surface area (TPSA) is 12.0 Å². The summed E-state index contributed by atoms with van der Waals surface area (Å²) in [4.78, 5) is 0. The summed E-state index contributed by atoms with van der Waals surface area (Å²) < 4.78 is 37.8. The molecular formula is C17H26F3N. The summed E-state index contributed by atoms with van der Waals surface area (Å²) in [5, 5.41) is 3.46. The van der Waals surface area contributed by atoms with E-state index in [0.717, 1.165) is 31.4 Å². The Balaban J connectivity index is 2.84. The molecule has 0 saturated carbocycles. The van der Waals surface area contributed by atoms with Gasteiger partial charge in [0.1, 0.15) is 0 Å². The van der Waals surface area contributed by atoms with Crippen LogP contribution in [0, 0.1) is 5.41 Å². The second-order valence-corrected chi connectivity index (χ2v) is 6.11.